The molecule has 0 spiro atoms. The summed E-state index contributed by atoms with van der Waals surface area (Å²) >= 11 is 0. The SMILES string of the molecule is Cc1cc(C)c(C(O)C2CCC(C)O2)c(F)c1. The Bertz CT molecular complexity index is 394. The van der Waals surface area contributed by atoms with Gasteiger partial charge in [0.15, 0.2) is 0 Å². The highest BCUT2D eigenvalue weighted by atomic mass is 19.1. The number of benzene rings is 1. The molecular formula is C14H19FO2. The summed E-state index contributed by atoms with van der Waals surface area (Å²) in [6, 6.07) is 3.35. The van der Waals surface area contributed by atoms with E-state index in [1.165, 1.54) is 6.07 Å². The maximum absolute atomic E-state index is 13.9. The van der Waals surface area contributed by atoms with Crippen molar-refractivity contribution >= 4 is 0 Å². The molecule has 1 heterocycles. The van der Waals surface area contributed by atoms with Crippen molar-refractivity contribution in [2.45, 2.75) is 51.9 Å². The van der Waals surface area contributed by atoms with Crippen LogP contribution in [0.2, 0.25) is 0 Å². The first-order valence-electron chi connectivity index (χ1n) is 6.09. The summed E-state index contributed by atoms with van der Waals surface area (Å²) in [6.45, 7) is 5.65. The molecule has 17 heavy (non-hydrogen) atoms. The molecule has 0 saturated carbocycles. The van der Waals surface area contributed by atoms with Crippen LogP contribution in [0.3, 0.4) is 0 Å². The summed E-state index contributed by atoms with van der Waals surface area (Å²) in [5.41, 5.74) is 2.05. The highest BCUT2D eigenvalue weighted by molar-refractivity contribution is 5.34. The van der Waals surface area contributed by atoms with Crippen molar-refractivity contribution in [3.63, 3.8) is 0 Å². The monoisotopic (exact) mass is 238 g/mol. The number of aliphatic hydroxyl groups is 1. The fraction of sp³-hybridized carbons (Fsp3) is 0.571. The first-order valence-corrected chi connectivity index (χ1v) is 6.09. The Kier molecular flexibility index (Phi) is 3.50. The Morgan fingerprint density at radius 2 is 2.06 bits per heavy atom. The Hall–Kier alpha value is -0.930. The Balaban J connectivity index is 2.27. The third-order valence-electron chi connectivity index (χ3n) is 3.39. The lowest BCUT2D eigenvalue weighted by molar-refractivity contribution is -0.0313. The van der Waals surface area contributed by atoms with Crippen LogP contribution in [0, 0.1) is 19.7 Å². The highest BCUT2D eigenvalue weighted by Gasteiger charge is 2.31. The lowest BCUT2D eigenvalue weighted by Gasteiger charge is -2.21. The van der Waals surface area contributed by atoms with Crippen LogP contribution in [0.15, 0.2) is 12.1 Å². The minimum Gasteiger partial charge on any atom is -0.386 e. The first-order chi connectivity index (χ1) is 7.99. The largest absolute Gasteiger partial charge is 0.386 e. The van der Waals surface area contributed by atoms with Gasteiger partial charge in [-0.1, -0.05) is 6.07 Å². The van der Waals surface area contributed by atoms with Crippen molar-refractivity contribution < 1.29 is 14.2 Å². The molecule has 1 saturated heterocycles. The van der Waals surface area contributed by atoms with Crippen molar-refractivity contribution in [3.05, 3.63) is 34.6 Å². The van der Waals surface area contributed by atoms with Gasteiger partial charge in [0, 0.05) is 5.56 Å². The normalized spacial score (nSPS) is 26.2. The van der Waals surface area contributed by atoms with E-state index in [1.54, 1.807) is 0 Å². The molecule has 3 unspecified atom stereocenters. The highest BCUT2D eigenvalue weighted by Crippen LogP contribution is 2.33. The van der Waals surface area contributed by atoms with Gasteiger partial charge in [-0.15, -0.1) is 0 Å². The van der Waals surface area contributed by atoms with E-state index in [0.29, 0.717) is 5.56 Å². The lowest BCUT2D eigenvalue weighted by atomic mass is 9.96. The Labute approximate surface area is 101 Å². The third kappa shape index (κ3) is 2.50. The number of hydrogen-bond donors (Lipinski definition) is 1. The Morgan fingerprint density at radius 1 is 1.35 bits per heavy atom. The van der Waals surface area contributed by atoms with E-state index in [9.17, 15) is 9.50 Å². The molecule has 1 aliphatic rings. The molecular weight excluding hydrogens is 219 g/mol. The van der Waals surface area contributed by atoms with E-state index >= 15 is 0 Å². The molecule has 0 aliphatic carbocycles. The summed E-state index contributed by atoms with van der Waals surface area (Å²) in [7, 11) is 0. The van der Waals surface area contributed by atoms with Gasteiger partial charge >= 0.3 is 0 Å². The van der Waals surface area contributed by atoms with Crippen LogP contribution in [0.4, 0.5) is 4.39 Å². The topological polar surface area (TPSA) is 29.5 Å². The molecule has 1 aromatic rings. The molecule has 1 N–H and O–H groups in total. The summed E-state index contributed by atoms with van der Waals surface area (Å²) in [5.74, 6) is -0.335. The quantitative estimate of drug-likeness (QED) is 0.858. The van der Waals surface area contributed by atoms with E-state index in [4.69, 9.17) is 4.74 Å². The van der Waals surface area contributed by atoms with Crippen LogP contribution in [-0.2, 0) is 4.74 Å². The maximum Gasteiger partial charge on any atom is 0.129 e. The average molecular weight is 238 g/mol. The second kappa shape index (κ2) is 4.75. The van der Waals surface area contributed by atoms with Crippen LogP contribution in [-0.4, -0.2) is 17.3 Å². The fourth-order valence-electron chi connectivity index (χ4n) is 2.55. The lowest BCUT2D eigenvalue weighted by Crippen LogP contribution is -2.20. The fourth-order valence-corrected chi connectivity index (χ4v) is 2.55. The van der Waals surface area contributed by atoms with Gasteiger partial charge in [-0.05, 0) is 50.8 Å². The average Bonchev–Trinajstić information content (AvgIpc) is 2.63. The number of halogens is 1. The van der Waals surface area contributed by atoms with E-state index in [1.807, 2.05) is 26.8 Å². The second-order valence-corrected chi connectivity index (χ2v) is 4.98. The van der Waals surface area contributed by atoms with E-state index in [0.717, 1.165) is 24.0 Å². The van der Waals surface area contributed by atoms with Crippen molar-refractivity contribution in [1.82, 2.24) is 0 Å². The molecule has 2 rings (SSSR count). The van der Waals surface area contributed by atoms with Gasteiger partial charge in [-0.2, -0.15) is 0 Å². The van der Waals surface area contributed by atoms with Crippen LogP contribution < -0.4 is 0 Å². The Morgan fingerprint density at radius 3 is 2.59 bits per heavy atom. The number of aryl methyl sites for hydroxylation is 2. The number of hydrogen-bond acceptors (Lipinski definition) is 2. The van der Waals surface area contributed by atoms with E-state index in [2.05, 4.69) is 0 Å². The van der Waals surface area contributed by atoms with E-state index < -0.39 is 6.10 Å². The predicted octanol–water partition coefficient (Wildman–Crippen LogP) is 3.04. The number of aliphatic hydroxyl groups excluding tert-OH is 1. The summed E-state index contributed by atoms with van der Waals surface area (Å²) in [5, 5.41) is 10.2. The molecule has 94 valence electrons. The standard InChI is InChI=1S/C14H19FO2/c1-8-6-9(2)13(11(15)7-8)14(16)12-5-4-10(3)17-12/h6-7,10,12,14,16H,4-5H2,1-3H3. The molecule has 0 amide bonds. The van der Waals surface area contributed by atoms with Gasteiger partial charge in [0.25, 0.3) is 0 Å². The van der Waals surface area contributed by atoms with Gasteiger partial charge in [0.2, 0.25) is 0 Å². The van der Waals surface area contributed by atoms with Crippen molar-refractivity contribution in [1.29, 1.82) is 0 Å². The number of ether oxygens (including phenoxy) is 1. The molecule has 1 fully saturated rings. The van der Waals surface area contributed by atoms with Crippen molar-refractivity contribution in [3.8, 4) is 0 Å². The van der Waals surface area contributed by atoms with Crippen LogP contribution in [0.5, 0.6) is 0 Å². The molecule has 1 aliphatic heterocycles. The van der Waals surface area contributed by atoms with Crippen molar-refractivity contribution in [2.24, 2.45) is 0 Å². The van der Waals surface area contributed by atoms with Crippen LogP contribution >= 0.6 is 0 Å². The van der Waals surface area contributed by atoms with Gasteiger partial charge < -0.3 is 9.84 Å². The molecule has 3 heteroatoms. The summed E-state index contributed by atoms with van der Waals surface area (Å²) in [4.78, 5) is 0. The summed E-state index contributed by atoms with van der Waals surface area (Å²) < 4.78 is 19.5. The van der Waals surface area contributed by atoms with Gasteiger partial charge in [-0.3, -0.25) is 0 Å². The summed E-state index contributed by atoms with van der Waals surface area (Å²) in [6.07, 6.45) is 0.730. The van der Waals surface area contributed by atoms with Gasteiger partial charge in [0.1, 0.15) is 11.9 Å². The van der Waals surface area contributed by atoms with Gasteiger partial charge in [-0.25, -0.2) is 4.39 Å². The molecule has 0 aromatic heterocycles. The minimum atomic E-state index is -0.861. The second-order valence-electron chi connectivity index (χ2n) is 4.98. The zero-order valence-electron chi connectivity index (χ0n) is 10.5. The van der Waals surface area contributed by atoms with E-state index in [-0.39, 0.29) is 18.0 Å². The predicted molar refractivity (Wildman–Crippen MR) is 64.4 cm³/mol. The smallest absolute Gasteiger partial charge is 0.129 e. The minimum absolute atomic E-state index is 0.156. The van der Waals surface area contributed by atoms with Crippen molar-refractivity contribution in [2.75, 3.05) is 0 Å². The first kappa shape index (κ1) is 12.5. The van der Waals surface area contributed by atoms with Gasteiger partial charge in [0.05, 0.1) is 12.2 Å². The number of rotatable bonds is 2. The van der Waals surface area contributed by atoms with Crippen LogP contribution in [0.1, 0.15) is 42.6 Å². The zero-order valence-corrected chi connectivity index (χ0v) is 10.5. The molecule has 1 aromatic carbocycles. The molecule has 0 bridgehead atoms. The zero-order chi connectivity index (χ0) is 12.6. The maximum atomic E-state index is 13.9. The molecule has 0 radical (unpaired) electrons. The molecule has 2 nitrogen and oxygen atoms in total. The van der Waals surface area contributed by atoms with Crippen LogP contribution in [0.25, 0.3) is 0 Å². The molecule has 3 atom stereocenters. The third-order valence-corrected chi connectivity index (χ3v) is 3.39.